The van der Waals surface area contributed by atoms with Crippen molar-refractivity contribution in [3.05, 3.63) is 34.5 Å². The van der Waals surface area contributed by atoms with Gasteiger partial charge in [0.05, 0.1) is 24.3 Å². The fraction of sp³-hybridized carbons (Fsp3) is 0.643. The number of aromatic amines is 1. The second kappa shape index (κ2) is 13.1. The Hall–Kier alpha value is -2.06. The van der Waals surface area contributed by atoms with E-state index in [9.17, 15) is 8.42 Å². The van der Waals surface area contributed by atoms with Gasteiger partial charge in [-0.05, 0) is 24.1 Å². The van der Waals surface area contributed by atoms with Gasteiger partial charge in [-0.1, -0.05) is 103 Å². The van der Waals surface area contributed by atoms with Crippen molar-refractivity contribution in [2.75, 3.05) is 12.9 Å². The summed E-state index contributed by atoms with van der Waals surface area (Å²) in [5.41, 5.74) is 2.47. The Bertz CT molecular complexity index is 1260. The summed E-state index contributed by atoms with van der Waals surface area (Å²) >= 11 is 6.60. The summed E-state index contributed by atoms with van der Waals surface area (Å²) in [6, 6.07) is 5.36. The second-order valence-electron chi connectivity index (χ2n) is 11.0. The summed E-state index contributed by atoms with van der Waals surface area (Å²) < 4.78 is 33.0. The van der Waals surface area contributed by atoms with E-state index in [2.05, 4.69) is 42.9 Å². The number of sulfone groups is 1. The van der Waals surface area contributed by atoms with Crippen LogP contribution in [0.2, 0.25) is 5.02 Å². The first-order valence-electron chi connectivity index (χ1n) is 13.6. The summed E-state index contributed by atoms with van der Waals surface area (Å²) in [6.07, 6.45) is 11.7. The molecule has 206 valence electrons. The molecule has 0 radical (unpaired) electrons. The van der Waals surface area contributed by atoms with E-state index in [0.29, 0.717) is 39.8 Å². The van der Waals surface area contributed by atoms with Crippen LogP contribution in [0.15, 0.2) is 18.2 Å². The molecule has 3 rings (SSSR count). The number of hydrogen-bond acceptors (Lipinski definition) is 5. The molecule has 0 aliphatic carbocycles. The van der Waals surface area contributed by atoms with Gasteiger partial charge in [0.25, 0.3) is 0 Å². The fourth-order valence-corrected chi connectivity index (χ4v) is 6.51. The maximum Gasteiger partial charge on any atom is 0.194 e. The van der Waals surface area contributed by atoms with Crippen LogP contribution >= 0.6 is 11.6 Å². The minimum Gasteiger partial charge on any atom is -0.497 e. The Morgan fingerprint density at radius 2 is 1.62 bits per heavy atom. The van der Waals surface area contributed by atoms with Gasteiger partial charge < -0.3 is 4.74 Å². The number of benzene rings is 1. The van der Waals surface area contributed by atoms with E-state index in [0.717, 1.165) is 18.5 Å². The molecule has 0 spiro atoms. The highest BCUT2D eigenvalue weighted by Crippen LogP contribution is 2.33. The Kier molecular flexibility index (Phi) is 10.5. The van der Waals surface area contributed by atoms with Crippen molar-refractivity contribution < 1.29 is 13.2 Å². The third-order valence-electron chi connectivity index (χ3n) is 6.73. The number of nitrogens with zero attached hydrogens (tertiary/aromatic N) is 3. The Morgan fingerprint density at radius 3 is 2.19 bits per heavy atom. The average molecular weight is 551 g/mol. The normalized spacial score (nSPS) is 12.5. The second-order valence-corrected chi connectivity index (χ2v) is 13.6. The van der Waals surface area contributed by atoms with E-state index in [4.69, 9.17) is 16.3 Å². The van der Waals surface area contributed by atoms with Crippen LogP contribution in [0, 0.1) is 0 Å². The minimum absolute atomic E-state index is 0.0577. The minimum atomic E-state index is -3.28. The first-order chi connectivity index (χ1) is 17.6. The highest BCUT2D eigenvalue weighted by Gasteiger charge is 2.25. The standard InChI is InChI=1S/C28H43ClN4O3S/c1-6-7-8-9-10-11-12-13-14-15-18-37(34,35)20-21-16-17-22(36-5)19-23(21)26-30-27-24(29)25(28(2,3)4)31-33(27)32-26/h16-17,19,31H,6-15,18,20H2,1-5H3. The Labute approximate surface area is 227 Å². The van der Waals surface area contributed by atoms with Crippen molar-refractivity contribution in [2.45, 2.75) is 103 Å². The molecule has 1 aromatic carbocycles. The molecule has 3 aromatic rings. The molecule has 0 saturated heterocycles. The molecule has 0 saturated carbocycles. The quantitative estimate of drug-likeness (QED) is 0.198. The zero-order valence-electron chi connectivity index (χ0n) is 23.1. The van der Waals surface area contributed by atoms with Gasteiger partial charge in [-0.3, -0.25) is 5.10 Å². The average Bonchev–Trinajstić information content (AvgIpc) is 3.39. The van der Waals surface area contributed by atoms with Gasteiger partial charge in [0.2, 0.25) is 0 Å². The number of halogens is 1. The number of nitrogens with one attached hydrogen (secondary N) is 1. The van der Waals surface area contributed by atoms with Gasteiger partial charge >= 0.3 is 0 Å². The van der Waals surface area contributed by atoms with Gasteiger partial charge in [-0.15, -0.1) is 5.10 Å². The van der Waals surface area contributed by atoms with Crippen LogP contribution in [-0.2, 0) is 21.0 Å². The summed E-state index contributed by atoms with van der Waals surface area (Å²) in [5, 5.41) is 8.32. The maximum absolute atomic E-state index is 13.0. The third kappa shape index (κ3) is 8.21. The molecule has 7 nitrogen and oxygen atoms in total. The predicted octanol–water partition coefficient (Wildman–Crippen LogP) is 7.52. The van der Waals surface area contributed by atoms with Gasteiger partial charge in [-0.25, -0.2) is 13.4 Å². The van der Waals surface area contributed by atoms with Crippen molar-refractivity contribution in [3.63, 3.8) is 0 Å². The molecule has 0 bridgehead atoms. The lowest BCUT2D eigenvalue weighted by Crippen LogP contribution is -2.13. The van der Waals surface area contributed by atoms with E-state index < -0.39 is 9.84 Å². The van der Waals surface area contributed by atoms with Gasteiger partial charge in [0.1, 0.15) is 10.8 Å². The van der Waals surface area contributed by atoms with Crippen LogP contribution in [0.4, 0.5) is 0 Å². The highest BCUT2D eigenvalue weighted by atomic mass is 35.5. The molecule has 1 N–H and O–H groups in total. The molecule has 0 unspecified atom stereocenters. The van der Waals surface area contributed by atoms with Crippen molar-refractivity contribution in [2.24, 2.45) is 0 Å². The lowest BCUT2D eigenvalue weighted by atomic mass is 9.92. The van der Waals surface area contributed by atoms with E-state index >= 15 is 0 Å². The molecule has 0 amide bonds. The number of H-pyrrole nitrogens is 1. The zero-order valence-corrected chi connectivity index (χ0v) is 24.6. The fourth-order valence-electron chi connectivity index (χ4n) is 4.55. The number of ether oxygens (including phenoxy) is 1. The van der Waals surface area contributed by atoms with Crippen LogP contribution in [-0.4, -0.2) is 41.1 Å². The number of hydrogen-bond donors (Lipinski definition) is 1. The molecule has 0 atom stereocenters. The molecule has 0 aliphatic rings. The summed E-state index contributed by atoms with van der Waals surface area (Å²) in [5.74, 6) is 1.16. The van der Waals surface area contributed by atoms with Crippen molar-refractivity contribution in [3.8, 4) is 17.1 Å². The van der Waals surface area contributed by atoms with Crippen molar-refractivity contribution >= 4 is 27.1 Å². The summed E-state index contributed by atoms with van der Waals surface area (Å²) in [4.78, 5) is 4.65. The lowest BCUT2D eigenvalue weighted by molar-refractivity contribution is 0.415. The highest BCUT2D eigenvalue weighted by molar-refractivity contribution is 7.90. The van der Waals surface area contributed by atoms with Gasteiger partial charge in [0.15, 0.2) is 21.3 Å². The zero-order chi connectivity index (χ0) is 27.1. The first-order valence-corrected chi connectivity index (χ1v) is 15.8. The Morgan fingerprint density at radius 1 is 1.00 bits per heavy atom. The SMILES string of the molecule is CCCCCCCCCCCCS(=O)(=O)Cc1ccc(OC)cc1-c1nc2c(Cl)c(C(C)(C)C)[nH]n2n1. The van der Waals surface area contributed by atoms with Crippen LogP contribution < -0.4 is 4.74 Å². The van der Waals surface area contributed by atoms with E-state index in [1.54, 1.807) is 29.9 Å². The monoisotopic (exact) mass is 550 g/mol. The first kappa shape index (κ1) is 29.5. The molecule has 0 fully saturated rings. The molecule has 37 heavy (non-hydrogen) atoms. The van der Waals surface area contributed by atoms with E-state index in [-0.39, 0.29) is 16.9 Å². The van der Waals surface area contributed by atoms with E-state index in [1.165, 1.54) is 44.9 Å². The number of unbranched alkanes of at least 4 members (excludes halogenated alkanes) is 9. The number of aromatic nitrogens is 4. The summed E-state index contributed by atoms with van der Waals surface area (Å²) in [6.45, 7) is 8.41. The molecular formula is C28H43ClN4O3S. The topological polar surface area (TPSA) is 89.4 Å². The van der Waals surface area contributed by atoms with Crippen molar-refractivity contribution in [1.82, 2.24) is 19.8 Å². The number of fused-ring (bicyclic) bond motifs is 1. The van der Waals surface area contributed by atoms with Crippen molar-refractivity contribution in [1.29, 1.82) is 0 Å². The molecule has 2 heterocycles. The molecular weight excluding hydrogens is 508 g/mol. The number of rotatable bonds is 15. The van der Waals surface area contributed by atoms with Gasteiger partial charge in [-0.2, -0.15) is 4.63 Å². The Balaban J connectivity index is 1.65. The van der Waals surface area contributed by atoms with Gasteiger partial charge in [0, 0.05) is 11.0 Å². The lowest BCUT2D eigenvalue weighted by Gasteiger charge is -2.16. The van der Waals surface area contributed by atoms with Crippen LogP contribution in [0.1, 0.15) is 103 Å². The predicted molar refractivity (Wildman–Crippen MR) is 152 cm³/mol. The van der Waals surface area contributed by atoms with Crippen LogP contribution in [0.5, 0.6) is 5.75 Å². The molecule has 0 aliphatic heterocycles. The third-order valence-corrected chi connectivity index (χ3v) is 8.75. The maximum atomic E-state index is 13.0. The summed E-state index contributed by atoms with van der Waals surface area (Å²) in [7, 11) is -1.70. The largest absolute Gasteiger partial charge is 0.497 e. The number of methoxy groups -OCH3 is 1. The molecule has 2 aromatic heterocycles. The van der Waals surface area contributed by atoms with E-state index in [1.807, 2.05) is 0 Å². The van der Waals surface area contributed by atoms with Crippen LogP contribution in [0.3, 0.4) is 0 Å². The molecule has 9 heteroatoms. The van der Waals surface area contributed by atoms with Crippen LogP contribution in [0.25, 0.3) is 17.0 Å². The smallest absolute Gasteiger partial charge is 0.194 e.